The highest BCUT2D eigenvalue weighted by molar-refractivity contribution is 5.85. The lowest BCUT2D eigenvalue weighted by Gasteiger charge is -2.07. The van der Waals surface area contributed by atoms with Gasteiger partial charge in [0.25, 0.3) is 0 Å². The average molecular weight is 273 g/mol. The van der Waals surface area contributed by atoms with Crippen LogP contribution in [-0.2, 0) is 7.05 Å². The number of aromatic nitrogens is 1. The summed E-state index contributed by atoms with van der Waals surface area (Å²) in [6, 6.07) is 19.7. The van der Waals surface area contributed by atoms with Gasteiger partial charge < -0.3 is 4.57 Å². The predicted octanol–water partition coefficient (Wildman–Crippen LogP) is 5.00. The van der Waals surface area contributed by atoms with Gasteiger partial charge in [0.1, 0.15) is 0 Å². The van der Waals surface area contributed by atoms with Crippen LogP contribution in [0.15, 0.2) is 67.4 Å². The first-order chi connectivity index (χ1) is 10.2. The summed E-state index contributed by atoms with van der Waals surface area (Å²) < 4.78 is 2.16. The molecule has 0 saturated heterocycles. The fourth-order valence-corrected chi connectivity index (χ4v) is 3.34. The van der Waals surface area contributed by atoms with Crippen LogP contribution in [0.25, 0.3) is 16.5 Å². The molecule has 2 atom stereocenters. The minimum atomic E-state index is 0.605. The van der Waals surface area contributed by atoms with Crippen LogP contribution in [0.2, 0.25) is 0 Å². The summed E-state index contributed by atoms with van der Waals surface area (Å²) in [6.45, 7) is 4.37. The van der Waals surface area contributed by atoms with E-state index >= 15 is 0 Å². The molecule has 0 radical (unpaired) electrons. The minimum absolute atomic E-state index is 0.605. The molecule has 1 heterocycles. The summed E-state index contributed by atoms with van der Waals surface area (Å²) >= 11 is 0. The van der Waals surface area contributed by atoms with Crippen molar-refractivity contribution in [2.75, 3.05) is 0 Å². The van der Waals surface area contributed by atoms with Crippen LogP contribution in [0, 0.1) is 5.92 Å². The van der Waals surface area contributed by atoms with Crippen LogP contribution in [-0.4, -0.2) is 4.57 Å². The Morgan fingerprint density at radius 2 is 1.90 bits per heavy atom. The van der Waals surface area contributed by atoms with E-state index in [-0.39, 0.29) is 0 Å². The molecule has 0 bridgehead atoms. The second kappa shape index (κ2) is 4.63. The normalized spacial score (nSPS) is 20.6. The lowest BCUT2D eigenvalue weighted by Crippen LogP contribution is -1.89. The highest BCUT2D eigenvalue weighted by Crippen LogP contribution is 2.54. The second-order valence-electron chi connectivity index (χ2n) is 6.08. The van der Waals surface area contributed by atoms with Crippen LogP contribution in [0.4, 0.5) is 0 Å². The third-order valence-corrected chi connectivity index (χ3v) is 4.72. The van der Waals surface area contributed by atoms with Crippen molar-refractivity contribution in [1.29, 1.82) is 0 Å². The van der Waals surface area contributed by atoms with Crippen LogP contribution < -0.4 is 0 Å². The SMILES string of the molecule is C=C(c1ccc2c(ccn2C)c1)[C@H]1C[C@@H]1c1ccccc1. The Morgan fingerprint density at radius 3 is 2.71 bits per heavy atom. The van der Waals surface area contributed by atoms with Gasteiger partial charge in [-0.2, -0.15) is 0 Å². The molecule has 104 valence electrons. The van der Waals surface area contributed by atoms with E-state index in [0.717, 1.165) is 0 Å². The fourth-order valence-electron chi connectivity index (χ4n) is 3.34. The molecule has 4 rings (SSSR count). The van der Waals surface area contributed by atoms with Crippen molar-refractivity contribution in [2.45, 2.75) is 12.3 Å². The van der Waals surface area contributed by atoms with E-state index in [2.05, 4.69) is 79.0 Å². The van der Waals surface area contributed by atoms with E-state index in [0.29, 0.717) is 11.8 Å². The van der Waals surface area contributed by atoms with E-state index in [9.17, 15) is 0 Å². The Hall–Kier alpha value is -2.28. The molecule has 1 aliphatic rings. The van der Waals surface area contributed by atoms with Crippen molar-refractivity contribution in [3.05, 3.63) is 78.5 Å². The number of hydrogen-bond acceptors (Lipinski definition) is 0. The maximum atomic E-state index is 4.37. The second-order valence-corrected chi connectivity index (χ2v) is 6.08. The summed E-state index contributed by atoms with van der Waals surface area (Å²) in [6.07, 6.45) is 3.34. The van der Waals surface area contributed by atoms with Crippen molar-refractivity contribution in [3.63, 3.8) is 0 Å². The fraction of sp³-hybridized carbons (Fsp3) is 0.200. The van der Waals surface area contributed by atoms with Gasteiger partial charge in [-0.05, 0) is 53.2 Å². The molecule has 0 aliphatic heterocycles. The Kier molecular flexibility index (Phi) is 2.75. The van der Waals surface area contributed by atoms with Gasteiger partial charge in [0, 0.05) is 24.1 Å². The summed E-state index contributed by atoms with van der Waals surface area (Å²) in [7, 11) is 2.09. The Balaban J connectivity index is 1.60. The Morgan fingerprint density at radius 1 is 1.10 bits per heavy atom. The molecule has 1 aromatic heterocycles. The van der Waals surface area contributed by atoms with Crippen molar-refractivity contribution in [2.24, 2.45) is 13.0 Å². The van der Waals surface area contributed by atoms with Crippen molar-refractivity contribution >= 4 is 16.5 Å². The average Bonchev–Trinajstić information content (AvgIpc) is 3.25. The van der Waals surface area contributed by atoms with Gasteiger partial charge in [0.05, 0.1) is 0 Å². The molecule has 0 N–H and O–H groups in total. The van der Waals surface area contributed by atoms with Gasteiger partial charge >= 0.3 is 0 Å². The van der Waals surface area contributed by atoms with Gasteiger partial charge in [0.2, 0.25) is 0 Å². The lowest BCUT2D eigenvalue weighted by molar-refractivity contribution is 0.969. The first kappa shape index (κ1) is 12.5. The molecule has 0 spiro atoms. The number of nitrogens with zero attached hydrogens (tertiary/aromatic N) is 1. The summed E-state index contributed by atoms with van der Waals surface area (Å²) in [5, 5.41) is 1.30. The van der Waals surface area contributed by atoms with E-state index in [1.165, 1.54) is 34.0 Å². The summed E-state index contributed by atoms with van der Waals surface area (Å²) in [4.78, 5) is 0. The third-order valence-electron chi connectivity index (χ3n) is 4.72. The molecular weight excluding hydrogens is 254 g/mol. The largest absolute Gasteiger partial charge is 0.351 e. The van der Waals surface area contributed by atoms with E-state index in [4.69, 9.17) is 0 Å². The minimum Gasteiger partial charge on any atom is -0.351 e. The highest BCUT2D eigenvalue weighted by Gasteiger charge is 2.40. The molecule has 0 unspecified atom stereocenters. The van der Waals surface area contributed by atoms with Crippen molar-refractivity contribution < 1.29 is 0 Å². The molecular formula is C20H19N. The maximum absolute atomic E-state index is 4.37. The highest BCUT2D eigenvalue weighted by atomic mass is 14.9. The molecule has 1 heteroatoms. The monoisotopic (exact) mass is 273 g/mol. The van der Waals surface area contributed by atoms with Crippen molar-refractivity contribution in [1.82, 2.24) is 4.57 Å². The van der Waals surface area contributed by atoms with Crippen molar-refractivity contribution in [3.8, 4) is 0 Å². The van der Waals surface area contributed by atoms with Crippen LogP contribution in [0.3, 0.4) is 0 Å². The van der Waals surface area contributed by atoms with Gasteiger partial charge in [-0.15, -0.1) is 0 Å². The quantitative estimate of drug-likeness (QED) is 0.633. The number of rotatable bonds is 3. The molecule has 0 amide bonds. The zero-order chi connectivity index (χ0) is 14.4. The standard InChI is InChI=1S/C20H19N/c1-14(18-13-19(18)15-6-4-3-5-7-15)16-8-9-20-17(12-16)10-11-21(20)2/h3-12,18-19H,1,13H2,2H3/t18-,19-/m1/s1. The number of hydrogen-bond donors (Lipinski definition) is 0. The molecule has 3 aromatic rings. The van der Waals surface area contributed by atoms with Gasteiger partial charge in [-0.1, -0.05) is 43.0 Å². The first-order valence-electron chi connectivity index (χ1n) is 7.53. The van der Waals surface area contributed by atoms with Gasteiger partial charge in [0.15, 0.2) is 0 Å². The van der Waals surface area contributed by atoms with Crippen LogP contribution >= 0.6 is 0 Å². The number of benzene rings is 2. The van der Waals surface area contributed by atoms with E-state index < -0.39 is 0 Å². The zero-order valence-electron chi connectivity index (χ0n) is 12.3. The van der Waals surface area contributed by atoms with Gasteiger partial charge in [-0.3, -0.25) is 0 Å². The molecule has 1 fully saturated rings. The Labute approximate surface area is 125 Å². The van der Waals surface area contributed by atoms with E-state index in [1.54, 1.807) is 0 Å². The summed E-state index contributed by atoms with van der Waals surface area (Å²) in [5.41, 5.74) is 5.30. The van der Waals surface area contributed by atoms with E-state index in [1.807, 2.05) is 0 Å². The van der Waals surface area contributed by atoms with Gasteiger partial charge in [-0.25, -0.2) is 0 Å². The number of fused-ring (bicyclic) bond motifs is 1. The lowest BCUT2D eigenvalue weighted by atomic mass is 9.98. The smallest absolute Gasteiger partial charge is 0.0478 e. The zero-order valence-corrected chi connectivity index (χ0v) is 12.3. The molecule has 21 heavy (non-hydrogen) atoms. The van der Waals surface area contributed by atoms with Crippen LogP contribution in [0.5, 0.6) is 0 Å². The molecule has 1 saturated carbocycles. The number of allylic oxidation sites excluding steroid dienone is 1. The van der Waals surface area contributed by atoms with Crippen LogP contribution in [0.1, 0.15) is 23.5 Å². The Bertz CT molecular complexity index is 810. The molecule has 2 aromatic carbocycles. The molecule has 1 aliphatic carbocycles. The summed E-state index contributed by atoms with van der Waals surface area (Å²) in [5.74, 6) is 1.26. The first-order valence-corrected chi connectivity index (χ1v) is 7.53. The topological polar surface area (TPSA) is 4.93 Å². The third kappa shape index (κ3) is 2.09. The number of aryl methyl sites for hydroxylation is 1. The maximum Gasteiger partial charge on any atom is 0.0478 e. The predicted molar refractivity (Wildman–Crippen MR) is 89.2 cm³/mol. The molecule has 1 nitrogen and oxygen atoms in total.